The molecule has 0 radical (unpaired) electrons. The summed E-state index contributed by atoms with van der Waals surface area (Å²) < 4.78 is 5.06. The van der Waals surface area contributed by atoms with Gasteiger partial charge in [0, 0.05) is 24.7 Å². The van der Waals surface area contributed by atoms with Crippen LogP contribution < -0.4 is 15.0 Å². The minimum atomic E-state index is -0.851. The van der Waals surface area contributed by atoms with Crippen molar-refractivity contribution in [3.8, 4) is 5.75 Å². The number of amides is 2. The number of anilines is 1. The SMILES string of the molecule is COc1ccc(N2CC(CC(=O)O)CNC2=O)cc1. The van der Waals surface area contributed by atoms with Crippen molar-refractivity contribution in [1.82, 2.24) is 5.32 Å². The smallest absolute Gasteiger partial charge is 0.321 e. The van der Waals surface area contributed by atoms with Gasteiger partial charge in [-0.2, -0.15) is 0 Å². The fourth-order valence-corrected chi connectivity index (χ4v) is 2.10. The monoisotopic (exact) mass is 264 g/mol. The van der Waals surface area contributed by atoms with Gasteiger partial charge in [0.2, 0.25) is 0 Å². The van der Waals surface area contributed by atoms with Crippen LogP contribution in [0.5, 0.6) is 5.75 Å². The van der Waals surface area contributed by atoms with Gasteiger partial charge < -0.3 is 15.2 Å². The van der Waals surface area contributed by atoms with Gasteiger partial charge in [0.15, 0.2) is 0 Å². The lowest BCUT2D eigenvalue weighted by Gasteiger charge is -2.32. The van der Waals surface area contributed by atoms with E-state index in [1.165, 1.54) is 0 Å². The summed E-state index contributed by atoms with van der Waals surface area (Å²) in [6, 6.07) is 6.89. The number of carboxylic acid groups (broad SMARTS) is 1. The van der Waals surface area contributed by atoms with Gasteiger partial charge in [0.25, 0.3) is 0 Å². The number of rotatable bonds is 4. The standard InChI is InChI=1S/C13H16N2O4/c1-19-11-4-2-10(3-5-11)15-8-9(6-12(16)17)7-14-13(15)18/h2-5,9H,6-8H2,1H3,(H,14,18)(H,16,17). The number of aliphatic carboxylic acids is 1. The van der Waals surface area contributed by atoms with Crippen molar-refractivity contribution in [1.29, 1.82) is 0 Å². The second kappa shape index (κ2) is 5.60. The molecular formula is C13H16N2O4. The Hall–Kier alpha value is -2.24. The molecule has 0 spiro atoms. The van der Waals surface area contributed by atoms with E-state index in [4.69, 9.17) is 9.84 Å². The van der Waals surface area contributed by atoms with Gasteiger partial charge in [-0.05, 0) is 24.3 Å². The van der Waals surface area contributed by atoms with Crippen LogP contribution in [0.4, 0.5) is 10.5 Å². The first kappa shape index (κ1) is 13.2. The average Bonchev–Trinajstić information content (AvgIpc) is 2.40. The predicted octanol–water partition coefficient (Wildman–Crippen LogP) is 1.32. The number of ether oxygens (including phenoxy) is 1. The number of carbonyl (C=O) groups excluding carboxylic acids is 1. The number of carbonyl (C=O) groups is 2. The zero-order valence-corrected chi connectivity index (χ0v) is 10.6. The maximum absolute atomic E-state index is 11.8. The summed E-state index contributed by atoms with van der Waals surface area (Å²) in [5, 5.41) is 11.5. The van der Waals surface area contributed by atoms with Crippen LogP contribution in [0.25, 0.3) is 0 Å². The summed E-state index contributed by atoms with van der Waals surface area (Å²) in [5.74, 6) is -0.226. The highest BCUT2D eigenvalue weighted by atomic mass is 16.5. The van der Waals surface area contributed by atoms with Crippen LogP contribution in [0, 0.1) is 5.92 Å². The van der Waals surface area contributed by atoms with Crippen LogP contribution in [0.3, 0.4) is 0 Å². The van der Waals surface area contributed by atoms with Crippen molar-refractivity contribution >= 4 is 17.7 Å². The van der Waals surface area contributed by atoms with Gasteiger partial charge in [0.1, 0.15) is 5.75 Å². The lowest BCUT2D eigenvalue weighted by atomic mass is 10.0. The zero-order valence-electron chi connectivity index (χ0n) is 10.6. The Labute approximate surface area is 111 Å². The molecule has 19 heavy (non-hydrogen) atoms. The van der Waals surface area contributed by atoms with Gasteiger partial charge in [0.05, 0.1) is 13.5 Å². The van der Waals surface area contributed by atoms with E-state index in [0.717, 1.165) is 5.69 Å². The Balaban J connectivity index is 2.11. The molecule has 0 bridgehead atoms. The van der Waals surface area contributed by atoms with Crippen molar-refractivity contribution in [3.63, 3.8) is 0 Å². The van der Waals surface area contributed by atoms with E-state index in [0.29, 0.717) is 18.8 Å². The fourth-order valence-electron chi connectivity index (χ4n) is 2.10. The van der Waals surface area contributed by atoms with E-state index in [-0.39, 0.29) is 18.4 Å². The molecule has 0 saturated carbocycles. The molecule has 2 rings (SSSR count). The van der Waals surface area contributed by atoms with E-state index in [9.17, 15) is 9.59 Å². The Morgan fingerprint density at radius 2 is 2.16 bits per heavy atom. The van der Waals surface area contributed by atoms with E-state index in [1.807, 2.05) is 0 Å². The molecule has 1 aliphatic heterocycles. The summed E-state index contributed by atoms with van der Waals surface area (Å²) in [7, 11) is 1.57. The molecule has 2 amide bonds. The number of nitrogens with one attached hydrogen (secondary N) is 1. The van der Waals surface area contributed by atoms with Gasteiger partial charge in [-0.1, -0.05) is 0 Å². The summed E-state index contributed by atoms with van der Waals surface area (Å²) in [5.41, 5.74) is 0.730. The summed E-state index contributed by atoms with van der Waals surface area (Å²) in [4.78, 5) is 24.1. The maximum Gasteiger partial charge on any atom is 0.321 e. The molecule has 1 unspecified atom stereocenters. The number of benzene rings is 1. The van der Waals surface area contributed by atoms with Crippen LogP contribution in [-0.2, 0) is 4.79 Å². The van der Waals surface area contributed by atoms with Gasteiger partial charge in [-0.25, -0.2) is 4.79 Å². The molecular weight excluding hydrogens is 248 g/mol. The summed E-state index contributed by atoms with van der Waals surface area (Å²) in [6.45, 7) is 0.808. The van der Waals surface area contributed by atoms with Crippen molar-refractivity contribution in [2.45, 2.75) is 6.42 Å². The molecule has 1 aromatic carbocycles. The highest BCUT2D eigenvalue weighted by Crippen LogP contribution is 2.22. The van der Waals surface area contributed by atoms with Crippen LogP contribution in [0.1, 0.15) is 6.42 Å². The van der Waals surface area contributed by atoms with Crippen molar-refractivity contribution in [3.05, 3.63) is 24.3 Å². The lowest BCUT2D eigenvalue weighted by molar-refractivity contribution is -0.138. The second-order valence-corrected chi connectivity index (χ2v) is 4.46. The molecule has 1 aromatic rings. The highest BCUT2D eigenvalue weighted by Gasteiger charge is 2.27. The third-order valence-corrected chi connectivity index (χ3v) is 3.08. The normalized spacial score (nSPS) is 18.9. The summed E-state index contributed by atoms with van der Waals surface area (Å²) >= 11 is 0. The molecule has 0 aromatic heterocycles. The predicted molar refractivity (Wildman–Crippen MR) is 69.5 cm³/mol. The Morgan fingerprint density at radius 3 is 2.74 bits per heavy atom. The topological polar surface area (TPSA) is 78.9 Å². The Morgan fingerprint density at radius 1 is 1.47 bits per heavy atom. The number of hydrogen-bond acceptors (Lipinski definition) is 3. The quantitative estimate of drug-likeness (QED) is 0.859. The Kier molecular flexibility index (Phi) is 3.89. The third kappa shape index (κ3) is 3.15. The number of carboxylic acids is 1. The van der Waals surface area contributed by atoms with Crippen molar-refractivity contribution in [2.24, 2.45) is 5.92 Å². The first-order valence-electron chi connectivity index (χ1n) is 6.01. The average molecular weight is 264 g/mol. The molecule has 102 valence electrons. The van der Waals surface area contributed by atoms with Gasteiger partial charge in [-0.3, -0.25) is 9.69 Å². The number of methoxy groups -OCH3 is 1. The molecule has 6 nitrogen and oxygen atoms in total. The van der Waals surface area contributed by atoms with Crippen LogP contribution in [0.2, 0.25) is 0 Å². The van der Waals surface area contributed by atoms with Crippen LogP contribution >= 0.6 is 0 Å². The largest absolute Gasteiger partial charge is 0.497 e. The number of urea groups is 1. The van der Waals surface area contributed by atoms with Gasteiger partial charge >= 0.3 is 12.0 Å². The molecule has 6 heteroatoms. The molecule has 1 fully saturated rings. The van der Waals surface area contributed by atoms with Crippen molar-refractivity contribution < 1.29 is 19.4 Å². The van der Waals surface area contributed by atoms with E-state index >= 15 is 0 Å². The second-order valence-electron chi connectivity index (χ2n) is 4.46. The minimum absolute atomic E-state index is 0.0485. The third-order valence-electron chi connectivity index (χ3n) is 3.08. The molecule has 0 aliphatic carbocycles. The summed E-state index contributed by atoms with van der Waals surface area (Å²) in [6.07, 6.45) is 0.0485. The number of hydrogen-bond donors (Lipinski definition) is 2. The van der Waals surface area contributed by atoms with E-state index in [1.54, 1.807) is 36.3 Å². The fraction of sp³-hybridized carbons (Fsp3) is 0.385. The Bertz CT molecular complexity index is 472. The molecule has 2 N–H and O–H groups in total. The van der Waals surface area contributed by atoms with Gasteiger partial charge in [-0.15, -0.1) is 0 Å². The van der Waals surface area contributed by atoms with Crippen LogP contribution in [-0.4, -0.2) is 37.3 Å². The van der Waals surface area contributed by atoms with E-state index < -0.39 is 5.97 Å². The first-order valence-corrected chi connectivity index (χ1v) is 6.01. The van der Waals surface area contributed by atoms with Crippen molar-refractivity contribution in [2.75, 3.05) is 25.1 Å². The van der Waals surface area contributed by atoms with Crippen LogP contribution in [0.15, 0.2) is 24.3 Å². The highest BCUT2D eigenvalue weighted by molar-refractivity contribution is 5.93. The van der Waals surface area contributed by atoms with E-state index in [2.05, 4.69) is 5.32 Å². The minimum Gasteiger partial charge on any atom is -0.497 e. The lowest BCUT2D eigenvalue weighted by Crippen LogP contribution is -2.51. The number of nitrogens with zero attached hydrogens (tertiary/aromatic N) is 1. The molecule has 1 saturated heterocycles. The maximum atomic E-state index is 11.8. The zero-order chi connectivity index (χ0) is 13.8. The molecule has 1 atom stereocenters. The molecule has 1 aliphatic rings. The molecule has 1 heterocycles. The first-order chi connectivity index (χ1) is 9.10.